The van der Waals surface area contributed by atoms with Crippen LogP contribution >= 0.6 is 11.6 Å². The second-order valence-electron chi connectivity index (χ2n) is 4.26. The van der Waals surface area contributed by atoms with Crippen molar-refractivity contribution < 1.29 is 4.79 Å². The molecule has 2 heterocycles. The van der Waals surface area contributed by atoms with E-state index in [1.807, 2.05) is 17.7 Å². The Balaban J connectivity index is 2.18. The van der Waals surface area contributed by atoms with Crippen LogP contribution in [0.3, 0.4) is 0 Å². The normalized spacial score (nSPS) is 10.7. The molecule has 0 saturated carbocycles. The number of carbonyl (C=O) groups excluding carboxylic acids is 1. The number of nitrogens with zero attached hydrogens (tertiary/aromatic N) is 3. The molecular formula is C14H16ClN3O. The molecule has 0 radical (unpaired) electrons. The van der Waals surface area contributed by atoms with Gasteiger partial charge in [0.15, 0.2) is 5.78 Å². The van der Waals surface area contributed by atoms with E-state index >= 15 is 0 Å². The van der Waals surface area contributed by atoms with Gasteiger partial charge in [0.05, 0.1) is 17.1 Å². The van der Waals surface area contributed by atoms with E-state index < -0.39 is 0 Å². The Morgan fingerprint density at radius 1 is 1.37 bits per heavy atom. The van der Waals surface area contributed by atoms with Crippen LogP contribution in [0.1, 0.15) is 35.7 Å². The third kappa shape index (κ3) is 3.20. The van der Waals surface area contributed by atoms with Crippen molar-refractivity contribution in [2.24, 2.45) is 0 Å². The summed E-state index contributed by atoms with van der Waals surface area (Å²) >= 11 is 5.76. The lowest BCUT2D eigenvalue weighted by Gasteiger charge is -2.03. The van der Waals surface area contributed by atoms with Gasteiger partial charge >= 0.3 is 0 Å². The van der Waals surface area contributed by atoms with Crippen molar-refractivity contribution in [1.82, 2.24) is 14.8 Å². The van der Waals surface area contributed by atoms with Crippen molar-refractivity contribution >= 4 is 17.4 Å². The smallest absolute Gasteiger partial charge is 0.187 e. The molecule has 2 aromatic heterocycles. The first-order valence-electron chi connectivity index (χ1n) is 6.34. The minimum Gasteiger partial charge on any atom is -0.292 e. The van der Waals surface area contributed by atoms with Crippen molar-refractivity contribution in [3.63, 3.8) is 0 Å². The molecule has 0 aromatic carbocycles. The molecule has 0 aliphatic carbocycles. The van der Waals surface area contributed by atoms with E-state index in [1.165, 1.54) is 6.20 Å². The maximum absolute atomic E-state index is 12.1. The minimum absolute atomic E-state index is 0.0195. The van der Waals surface area contributed by atoms with Gasteiger partial charge in [0.2, 0.25) is 0 Å². The average Bonchev–Trinajstić information content (AvgIpc) is 2.81. The molecule has 0 amide bonds. The Morgan fingerprint density at radius 2 is 2.16 bits per heavy atom. The van der Waals surface area contributed by atoms with Crippen LogP contribution in [0.25, 0.3) is 0 Å². The molecule has 0 bridgehead atoms. The molecule has 0 saturated heterocycles. The summed E-state index contributed by atoms with van der Waals surface area (Å²) in [6.45, 7) is 4.83. The van der Waals surface area contributed by atoms with Gasteiger partial charge in [0.25, 0.3) is 0 Å². The molecule has 0 unspecified atom stereocenters. The lowest BCUT2D eigenvalue weighted by Crippen LogP contribution is -2.10. The SMILES string of the molecule is CCc1cc(CC(=O)c2ccc(Cl)cn2)n(CC)n1. The molecule has 100 valence electrons. The van der Waals surface area contributed by atoms with Crippen LogP contribution in [0.2, 0.25) is 5.02 Å². The van der Waals surface area contributed by atoms with Gasteiger partial charge in [-0.15, -0.1) is 0 Å². The van der Waals surface area contributed by atoms with Crippen LogP contribution in [-0.4, -0.2) is 20.5 Å². The molecular weight excluding hydrogens is 262 g/mol. The van der Waals surface area contributed by atoms with Gasteiger partial charge in [0, 0.05) is 18.4 Å². The van der Waals surface area contributed by atoms with E-state index in [0.717, 1.165) is 24.4 Å². The lowest BCUT2D eigenvalue weighted by atomic mass is 10.1. The molecule has 19 heavy (non-hydrogen) atoms. The van der Waals surface area contributed by atoms with Crippen LogP contribution in [-0.2, 0) is 19.4 Å². The molecule has 0 spiro atoms. The number of hydrogen-bond donors (Lipinski definition) is 0. The zero-order valence-corrected chi connectivity index (χ0v) is 11.8. The lowest BCUT2D eigenvalue weighted by molar-refractivity contribution is 0.0986. The molecule has 0 fully saturated rings. The standard InChI is InChI=1S/C14H16ClN3O/c1-3-11-7-12(18(4-2)17-11)8-14(19)13-6-5-10(15)9-16-13/h5-7,9H,3-4,8H2,1-2H3. The Kier molecular flexibility index (Phi) is 4.32. The van der Waals surface area contributed by atoms with E-state index in [0.29, 0.717) is 17.1 Å². The van der Waals surface area contributed by atoms with Crippen molar-refractivity contribution in [1.29, 1.82) is 0 Å². The second kappa shape index (κ2) is 5.97. The first-order chi connectivity index (χ1) is 9.13. The first-order valence-corrected chi connectivity index (χ1v) is 6.72. The van der Waals surface area contributed by atoms with Crippen LogP contribution < -0.4 is 0 Å². The van der Waals surface area contributed by atoms with Gasteiger partial charge in [-0.3, -0.25) is 14.5 Å². The second-order valence-corrected chi connectivity index (χ2v) is 4.69. The van der Waals surface area contributed by atoms with Crippen LogP contribution in [0.4, 0.5) is 0 Å². The van der Waals surface area contributed by atoms with Crippen molar-refractivity contribution in [2.75, 3.05) is 0 Å². The Morgan fingerprint density at radius 3 is 2.74 bits per heavy atom. The summed E-state index contributed by atoms with van der Waals surface area (Å²) in [6, 6.07) is 5.31. The predicted molar refractivity (Wildman–Crippen MR) is 74.6 cm³/mol. The molecule has 2 aromatic rings. The highest BCUT2D eigenvalue weighted by atomic mass is 35.5. The number of Topliss-reactive ketones (excluding diaryl/α,β-unsaturated/α-hetero) is 1. The summed E-state index contributed by atoms with van der Waals surface area (Å²) < 4.78 is 1.87. The fraction of sp³-hybridized carbons (Fsp3) is 0.357. The van der Waals surface area contributed by atoms with Crippen molar-refractivity contribution in [3.05, 3.63) is 46.5 Å². The minimum atomic E-state index is -0.0195. The van der Waals surface area contributed by atoms with Crippen LogP contribution in [0.15, 0.2) is 24.4 Å². The average molecular weight is 278 g/mol. The number of aryl methyl sites for hydroxylation is 2. The highest BCUT2D eigenvalue weighted by Crippen LogP contribution is 2.11. The number of ketones is 1. The highest BCUT2D eigenvalue weighted by molar-refractivity contribution is 6.30. The van der Waals surface area contributed by atoms with Crippen molar-refractivity contribution in [2.45, 2.75) is 33.2 Å². The van der Waals surface area contributed by atoms with Gasteiger partial charge in [-0.05, 0) is 31.5 Å². The van der Waals surface area contributed by atoms with Gasteiger partial charge in [-0.1, -0.05) is 18.5 Å². The van der Waals surface area contributed by atoms with Gasteiger partial charge < -0.3 is 0 Å². The van der Waals surface area contributed by atoms with Crippen LogP contribution in [0, 0.1) is 0 Å². The molecule has 2 rings (SSSR count). The summed E-state index contributed by atoms with van der Waals surface area (Å²) in [5.74, 6) is -0.0195. The quantitative estimate of drug-likeness (QED) is 0.790. The van der Waals surface area contributed by atoms with Crippen LogP contribution in [0.5, 0.6) is 0 Å². The molecule has 5 heteroatoms. The van der Waals surface area contributed by atoms with Gasteiger partial charge in [-0.25, -0.2) is 0 Å². The summed E-state index contributed by atoms with van der Waals surface area (Å²) in [6.07, 6.45) is 2.67. The van der Waals surface area contributed by atoms with Crippen molar-refractivity contribution in [3.8, 4) is 0 Å². The Hall–Kier alpha value is -1.68. The van der Waals surface area contributed by atoms with E-state index in [2.05, 4.69) is 17.0 Å². The molecule has 4 nitrogen and oxygen atoms in total. The summed E-state index contributed by atoms with van der Waals surface area (Å²) in [5, 5.41) is 4.96. The van der Waals surface area contributed by atoms with E-state index in [1.54, 1.807) is 12.1 Å². The number of aromatic nitrogens is 3. The first kappa shape index (κ1) is 13.7. The monoisotopic (exact) mass is 277 g/mol. The number of hydrogen-bond acceptors (Lipinski definition) is 3. The summed E-state index contributed by atoms with van der Waals surface area (Å²) in [7, 11) is 0. The number of rotatable bonds is 5. The zero-order chi connectivity index (χ0) is 13.8. The third-order valence-corrected chi connectivity index (χ3v) is 3.15. The topological polar surface area (TPSA) is 47.8 Å². The number of halogens is 1. The fourth-order valence-electron chi connectivity index (χ4n) is 1.90. The Labute approximate surface area is 117 Å². The summed E-state index contributed by atoms with van der Waals surface area (Å²) in [5.41, 5.74) is 2.38. The summed E-state index contributed by atoms with van der Waals surface area (Å²) in [4.78, 5) is 16.2. The molecule has 0 aliphatic rings. The van der Waals surface area contributed by atoms with Gasteiger partial charge in [-0.2, -0.15) is 5.10 Å². The largest absolute Gasteiger partial charge is 0.292 e. The molecule has 0 atom stereocenters. The fourth-order valence-corrected chi connectivity index (χ4v) is 2.01. The number of pyridine rings is 1. The highest BCUT2D eigenvalue weighted by Gasteiger charge is 2.13. The van der Waals surface area contributed by atoms with Gasteiger partial charge in [0.1, 0.15) is 5.69 Å². The maximum Gasteiger partial charge on any atom is 0.187 e. The molecule has 0 aliphatic heterocycles. The molecule has 0 N–H and O–H groups in total. The predicted octanol–water partition coefficient (Wildman–Crippen LogP) is 2.94. The Bertz CT molecular complexity index is 575. The number of carbonyl (C=O) groups is 1. The zero-order valence-electron chi connectivity index (χ0n) is 11.1. The maximum atomic E-state index is 12.1. The van der Waals surface area contributed by atoms with E-state index in [-0.39, 0.29) is 5.78 Å². The third-order valence-electron chi connectivity index (χ3n) is 2.93. The van der Waals surface area contributed by atoms with E-state index in [4.69, 9.17) is 11.6 Å². The van der Waals surface area contributed by atoms with E-state index in [9.17, 15) is 4.79 Å².